The van der Waals surface area contributed by atoms with Gasteiger partial charge in [-0.25, -0.2) is 9.78 Å². The van der Waals surface area contributed by atoms with E-state index >= 15 is 0 Å². The van der Waals surface area contributed by atoms with Crippen LogP contribution in [0.3, 0.4) is 0 Å². The van der Waals surface area contributed by atoms with Crippen LogP contribution in [0.2, 0.25) is 0 Å². The number of imidazole rings is 1. The minimum atomic E-state index is -1.00. The molecule has 1 unspecified atom stereocenters. The van der Waals surface area contributed by atoms with Gasteiger partial charge in [0.1, 0.15) is 24.2 Å². The van der Waals surface area contributed by atoms with Crippen LogP contribution in [0.25, 0.3) is 32.9 Å². The highest BCUT2D eigenvalue weighted by Gasteiger charge is 2.56. The number of likely N-dealkylation sites (tertiary alicyclic amines) is 1. The van der Waals surface area contributed by atoms with Crippen LogP contribution in [0.15, 0.2) is 42.5 Å². The van der Waals surface area contributed by atoms with E-state index in [-0.39, 0.29) is 23.9 Å². The molecule has 3 N–H and O–H groups in total. The summed E-state index contributed by atoms with van der Waals surface area (Å²) >= 11 is 0. The first-order valence-electron chi connectivity index (χ1n) is 16.4. The molecule has 10 nitrogen and oxygen atoms in total. The van der Waals surface area contributed by atoms with E-state index in [4.69, 9.17) is 19.1 Å². The van der Waals surface area contributed by atoms with Crippen molar-refractivity contribution in [1.29, 1.82) is 0 Å². The van der Waals surface area contributed by atoms with E-state index in [0.717, 1.165) is 68.4 Å². The first-order chi connectivity index (χ1) is 22.3. The zero-order valence-electron chi connectivity index (χ0n) is 28.0. The van der Waals surface area contributed by atoms with Crippen molar-refractivity contribution in [3.8, 4) is 16.9 Å². The standard InChI is InChI=1S/C36H42BN4O6/c1-18(2)30(40-34(43)45-7)33(42)41-27-14-20(27)15-28(41)32-38-26-11-8-19-13-25-23-10-9-22(37-47-36(5,6)35(3,4)44)12-21(23)17-46-29(25)16-24(19)31(26)39-32/h8-13,16,18,20,27-28,30,44H,14-15,17H2,1-7H3,(H,38,39)(H,40,43)/t20-,27-,28?,30+/m1/s1. The number of rotatable bonds is 8. The van der Waals surface area contributed by atoms with Crippen LogP contribution in [-0.2, 0) is 20.8 Å². The third-order valence-corrected chi connectivity index (χ3v) is 10.4. The summed E-state index contributed by atoms with van der Waals surface area (Å²) in [6.07, 6.45) is 1.21. The summed E-state index contributed by atoms with van der Waals surface area (Å²) in [5, 5.41) is 15.2. The summed E-state index contributed by atoms with van der Waals surface area (Å²) in [5.41, 5.74) is 4.06. The van der Waals surface area contributed by atoms with E-state index in [0.29, 0.717) is 12.5 Å². The first kappa shape index (κ1) is 31.5. The lowest BCUT2D eigenvalue weighted by Crippen LogP contribution is -2.52. The van der Waals surface area contributed by atoms with E-state index in [1.807, 2.05) is 44.7 Å². The molecule has 2 amide bonds. The monoisotopic (exact) mass is 637 g/mol. The van der Waals surface area contributed by atoms with Gasteiger partial charge in [-0.15, -0.1) is 0 Å². The Balaban J connectivity index is 1.18. The van der Waals surface area contributed by atoms with Crippen molar-refractivity contribution >= 4 is 46.8 Å². The zero-order chi connectivity index (χ0) is 33.4. The van der Waals surface area contributed by atoms with Crippen LogP contribution >= 0.6 is 0 Å². The van der Waals surface area contributed by atoms with Crippen molar-refractivity contribution < 1.29 is 28.8 Å². The van der Waals surface area contributed by atoms with Gasteiger partial charge in [-0.2, -0.15) is 0 Å². The quantitative estimate of drug-likeness (QED) is 0.229. The third-order valence-electron chi connectivity index (χ3n) is 10.4. The van der Waals surface area contributed by atoms with E-state index < -0.39 is 23.3 Å². The minimum absolute atomic E-state index is 0.0971. The molecule has 2 aliphatic heterocycles. The van der Waals surface area contributed by atoms with Crippen molar-refractivity contribution in [1.82, 2.24) is 20.2 Å². The van der Waals surface area contributed by atoms with Crippen molar-refractivity contribution in [2.75, 3.05) is 7.11 Å². The normalized spacial score (nSPS) is 20.8. The zero-order valence-corrected chi connectivity index (χ0v) is 28.0. The number of ether oxygens (including phenoxy) is 2. The number of carbonyl (C=O) groups is 2. The maximum atomic E-state index is 13.9. The molecule has 1 saturated heterocycles. The highest BCUT2D eigenvalue weighted by Crippen LogP contribution is 2.53. The molecule has 1 saturated carbocycles. The van der Waals surface area contributed by atoms with E-state index in [1.165, 1.54) is 7.11 Å². The fraction of sp³-hybridized carbons (Fsp3) is 0.472. The Morgan fingerprint density at radius 2 is 1.89 bits per heavy atom. The van der Waals surface area contributed by atoms with Gasteiger partial charge in [0.2, 0.25) is 5.91 Å². The number of hydrogen-bond acceptors (Lipinski definition) is 7. The average molecular weight is 638 g/mol. The molecule has 1 aromatic heterocycles. The second-order valence-corrected chi connectivity index (χ2v) is 14.6. The fourth-order valence-electron chi connectivity index (χ4n) is 6.79. The molecule has 3 aromatic carbocycles. The van der Waals surface area contributed by atoms with Crippen LogP contribution in [-0.4, -0.2) is 69.9 Å². The Kier molecular flexibility index (Phi) is 7.55. The van der Waals surface area contributed by atoms with Gasteiger partial charge in [0, 0.05) is 17.0 Å². The SMILES string of the molecule is COC(=O)N[C@H](C(=O)N1C(c2nc3c(ccc4cc5c(cc43)OCc3cc([B]OC(C)(C)C(C)(C)O)ccc3-5)[nH]2)C[C@H]2C[C@H]21)C(C)C. The summed E-state index contributed by atoms with van der Waals surface area (Å²) in [4.78, 5) is 36.5. The summed E-state index contributed by atoms with van der Waals surface area (Å²) in [6.45, 7) is 11.5. The van der Waals surface area contributed by atoms with Gasteiger partial charge in [0.05, 0.1) is 35.4 Å². The summed E-state index contributed by atoms with van der Waals surface area (Å²) < 4.78 is 17.1. The predicted molar refractivity (Wildman–Crippen MR) is 180 cm³/mol. The Hall–Kier alpha value is -4.09. The predicted octanol–water partition coefficient (Wildman–Crippen LogP) is 5.13. The number of aromatic amines is 1. The van der Waals surface area contributed by atoms with Gasteiger partial charge >= 0.3 is 13.6 Å². The molecule has 47 heavy (non-hydrogen) atoms. The van der Waals surface area contributed by atoms with Crippen LogP contribution in [0, 0.1) is 11.8 Å². The molecule has 3 heterocycles. The topological polar surface area (TPSA) is 126 Å². The summed E-state index contributed by atoms with van der Waals surface area (Å²) in [5.74, 6) is 1.81. The Bertz CT molecular complexity index is 1900. The van der Waals surface area contributed by atoms with Crippen molar-refractivity contribution in [2.45, 2.75) is 90.3 Å². The van der Waals surface area contributed by atoms with Gasteiger partial charge in [-0.1, -0.05) is 43.6 Å². The fourth-order valence-corrected chi connectivity index (χ4v) is 6.79. The molecule has 11 heteroatoms. The Labute approximate surface area is 275 Å². The number of piperidine rings is 1. The Morgan fingerprint density at radius 1 is 1.11 bits per heavy atom. The van der Waals surface area contributed by atoms with Gasteiger partial charge < -0.3 is 34.4 Å². The van der Waals surface area contributed by atoms with Crippen LogP contribution < -0.4 is 15.5 Å². The average Bonchev–Trinajstić information content (AvgIpc) is 3.47. The number of nitrogens with zero attached hydrogens (tertiary/aromatic N) is 2. The van der Waals surface area contributed by atoms with Crippen LogP contribution in [0.5, 0.6) is 5.75 Å². The molecule has 2 fully saturated rings. The number of aromatic nitrogens is 2. The number of aliphatic hydroxyl groups is 1. The molecular weight excluding hydrogens is 595 g/mol. The summed E-state index contributed by atoms with van der Waals surface area (Å²) in [7, 11) is 3.00. The second kappa shape index (κ2) is 11.3. The number of hydrogen-bond donors (Lipinski definition) is 3. The number of benzene rings is 3. The van der Waals surface area contributed by atoms with Gasteiger partial charge in [-0.3, -0.25) is 4.79 Å². The highest BCUT2D eigenvalue weighted by atomic mass is 16.5. The van der Waals surface area contributed by atoms with Crippen LogP contribution in [0.4, 0.5) is 4.79 Å². The number of H-pyrrole nitrogens is 1. The highest BCUT2D eigenvalue weighted by molar-refractivity contribution is 6.47. The third kappa shape index (κ3) is 5.53. The van der Waals surface area contributed by atoms with Gasteiger partial charge in [0.25, 0.3) is 0 Å². The smallest absolute Gasteiger partial charge is 0.407 e. The number of fused-ring (bicyclic) bond motifs is 7. The van der Waals surface area contributed by atoms with Gasteiger partial charge in [-0.05, 0) is 87.1 Å². The Morgan fingerprint density at radius 3 is 2.62 bits per heavy atom. The first-order valence-corrected chi connectivity index (χ1v) is 16.4. The van der Waals surface area contributed by atoms with Crippen molar-refractivity contribution in [3.05, 3.63) is 53.9 Å². The number of amides is 2. The lowest BCUT2D eigenvalue weighted by Gasteiger charge is -2.37. The molecule has 0 spiro atoms. The lowest BCUT2D eigenvalue weighted by molar-refractivity contribution is -0.136. The van der Waals surface area contributed by atoms with Crippen molar-refractivity contribution in [2.24, 2.45) is 11.8 Å². The number of methoxy groups -OCH3 is 1. The number of carbonyl (C=O) groups excluding carboxylic acids is 2. The molecular formula is C36H42BN4O6. The van der Waals surface area contributed by atoms with E-state index in [9.17, 15) is 14.7 Å². The molecule has 3 aliphatic rings. The number of nitrogens with one attached hydrogen (secondary N) is 2. The van der Waals surface area contributed by atoms with Crippen molar-refractivity contribution in [3.63, 3.8) is 0 Å². The molecule has 1 radical (unpaired) electrons. The molecule has 4 aromatic rings. The molecule has 0 bridgehead atoms. The largest absolute Gasteiger partial charge is 0.488 e. The maximum absolute atomic E-state index is 13.9. The molecule has 1 aliphatic carbocycles. The number of alkyl carbamates (subject to hydrolysis) is 1. The minimum Gasteiger partial charge on any atom is -0.488 e. The molecule has 4 atom stereocenters. The van der Waals surface area contributed by atoms with Gasteiger partial charge in [0.15, 0.2) is 0 Å². The second-order valence-electron chi connectivity index (χ2n) is 14.6. The lowest BCUT2D eigenvalue weighted by atomic mass is 9.80. The maximum Gasteiger partial charge on any atom is 0.407 e. The molecule has 7 rings (SSSR count). The molecule has 245 valence electrons. The van der Waals surface area contributed by atoms with E-state index in [2.05, 4.69) is 40.6 Å². The van der Waals surface area contributed by atoms with Crippen LogP contribution in [0.1, 0.15) is 71.8 Å². The summed E-state index contributed by atoms with van der Waals surface area (Å²) in [6, 6.07) is 13.8. The van der Waals surface area contributed by atoms with E-state index in [1.54, 1.807) is 21.3 Å².